The smallest absolute Gasteiger partial charge is 0.335 e. The van der Waals surface area contributed by atoms with Gasteiger partial charge in [-0.05, 0) is 42.5 Å². The van der Waals surface area contributed by atoms with Gasteiger partial charge in [0.1, 0.15) is 5.75 Å². The van der Waals surface area contributed by atoms with E-state index < -0.39 is 23.7 Å². The van der Waals surface area contributed by atoms with Crippen molar-refractivity contribution in [2.24, 2.45) is 0 Å². The summed E-state index contributed by atoms with van der Waals surface area (Å²) in [5.74, 6) is -2.49. The Bertz CT molecular complexity index is 1250. The van der Waals surface area contributed by atoms with Crippen LogP contribution in [0.4, 0.5) is 11.4 Å². The van der Waals surface area contributed by atoms with E-state index in [1.165, 1.54) is 31.4 Å². The molecule has 3 aromatic carbocycles. The zero-order valence-electron chi connectivity index (χ0n) is 16.3. The van der Waals surface area contributed by atoms with Crippen LogP contribution in [-0.2, 0) is 0 Å². The summed E-state index contributed by atoms with van der Waals surface area (Å²) < 4.78 is 5.15. The Morgan fingerprint density at radius 1 is 0.903 bits per heavy atom. The Morgan fingerprint density at radius 3 is 2.39 bits per heavy atom. The molecule has 3 aromatic rings. The van der Waals surface area contributed by atoms with Gasteiger partial charge in [0.25, 0.3) is 17.7 Å². The number of ether oxygens (including phenoxy) is 1. The van der Waals surface area contributed by atoms with Crippen LogP contribution in [-0.4, -0.2) is 35.9 Å². The number of methoxy groups -OCH3 is 1. The van der Waals surface area contributed by atoms with Gasteiger partial charge in [-0.1, -0.05) is 18.2 Å². The van der Waals surface area contributed by atoms with Crippen LogP contribution in [0.25, 0.3) is 0 Å². The molecule has 1 aliphatic rings. The number of para-hydroxylation sites is 1. The fourth-order valence-corrected chi connectivity index (χ4v) is 3.35. The fraction of sp³-hybridized carbons (Fsp3) is 0.0435. The van der Waals surface area contributed by atoms with E-state index in [9.17, 15) is 24.3 Å². The third-order valence-electron chi connectivity index (χ3n) is 4.85. The molecule has 3 amide bonds. The SMILES string of the molecule is COc1cccc(NC(=O)c2ccccc2N2C(=O)c3ccc(C(=O)O)cc3C2=O)c1. The van der Waals surface area contributed by atoms with E-state index in [4.69, 9.17) is 4.74 Å². The van der Waals surface area contributed by atoms with Crippen LogP contribution < -0.4 is 15.0 Å². The van der Waals surface area contributed by atoms with Crippen molar-refractivity contribution in [1.82, 2.24) is 0 Å². The molecule has 0 unspecified atom stereocenters. The number of carboxylic acid groups (broad SMARTS) is 1. The summed E-state index contributed by atoms with van der Waals surface area (Å²) in [7, 11) is 1.51. The molecule has 0 saturated heterocycles. The third kappa shape index (κ3) is 3.51. The highest BCUT2D eigenvalue weighted by molar-refractivity contribution is 6.35. The molecule has 0 radical (unpaired) electrons. The molecule has 0 aliphatic carbocycles. The van der Waals surface area contributed by atoms with Crippen molar-refractivity contribution in [2.75, 3.05) is 17.3 Å². The molecular weight excluding hydrogens is 400 g/mol. The molecule has 31 heavy (non-hydrogen) atoms. The van der Waals surface area contributed by atoms with Gasteiger partial charge >= 0.3 is 5.97 Å². The molecular formula is C23H16N2O6. The Balaban J connectivity index is 1.70. The van der Waals surface area contributed by atoms with Crippen molar-refractivity contribution in [3.63, 3.8) is 0 Å². The molecule has 8 heteroatoms. The predicted octanol–water partition coefficient (Wildman–Crippen LogP) is 3.45. The molecule has 0 spiro atoms. The van der Waals surface area contributed by atoms with Gasteiger partial charge in [-0.3, -0.25) is 14.4 Å². The Kier molecular flexibility index (Phi) is 4.96. The molecule has 0 saturated carbocycles. The van der Waals surface area contributed by atoms with Gasteiger partial charge in [0.2, 0.25) is 0 Å². The molecule has 1 aliphatic heterocycles. The van der Waals surface area contributed by atoms with Gasteiger partial charge < -0.3 is 15.2 Å². The van der Waals surface area contributed by atoms with E-state index >= 15 is 0 Å². The number of fused-ring (bicyclic) bond motifs is 1. The van der Waals surface area contributed by atoms with Crippen molar-refractivity contribution in [3.05, 3.63) is 89.0 Å². The topological polar surface area (TPSA) is 113 Å². The molecule has 0 aromatic heterocycles. The summed E-state index contributed by atoms with van der Waals surface area (Å²) >= 11 is 0. The maximum Gasteiger partial charge on any atom is 0.335 e. The summed E-state index contributed by atoms with van der Waals surface area (Å²) in [6, 6.07) is 16.7. The van der Waals surface area contributed by atoms with Crippen molar-refractivity contribution in [2.45, 2.75) is 0 Å². The predicted molar refractivity (Wildman–Crippen MR) is 112 cm³/mol. The summed E-state index contributed by atoms with van der Waals surface area (Å²) in [5.41, 5.74) is 0.647. The standard InChI is InChI=1S/C23H16N2O6/c1-31-15-6-4-5-14(12-15)24-20(26)17-7-2-3-8-19(17)25-21(27)16-10-9-13(23(29)30)11-18(16)22(25)28/h2-12H,1H3,(H,24,26)(H,29,30). The summed E-state index contributed by atoms with van der Waals surface area (Å²) in [4.78, 5) is 50.9. The number of nitrogens with one attached hydrogen (secondary N) is 1. The quantitative estimate of drug-likeness (QED) is 0.616. The summed E-state index contributed by atoms with van der Waals surface area (Å²) in [5, 5.41) is 11.9. The number of imide groups is 1. The van der Waals surface area contributed by atoms with Crippen molar-refractivity contribution in [1.29, 1.82) is 0 Å². The zero-order chi connectivity index (χ0) is 22.1. The maximum atomic E-state index is 13.0. The molecule has 0 fully saturated rings. The second-order valence-electron chi connectivity index (χ2n) is 6.71. The van der Waals surface area contributed by atoms with Crippen LogP contribution >= 0.6 is 0 Å². The van der Waals surface area contributed by atoms with E-state index in [1.807, 2.05) is 0 Å². The Hall–Kier alpha value is -4.46. The van der Waals surface area contributed by atoms with Gasteiger partial charge in [0.05, 0.1) is 35.1 Å². The normalized spacial score (nSPS) is 12.5. The Morgan fingerprint density at radius 2 is 1.65 bits per heavy atom. The van der Waals surface area contributed by atoms with Crippen LogP contribution in [0.5, 0.6) is 5.75 Å². The first kappa shape index (κ1) is 19.8. The maximum absolute atomic E-state index is 13.0. The molecule has 1 heterocycles. The number of anilines is 2. The van der Waals surface area contributed by atoms with Gasteiger partial charge in [-0.2, -0.15) is 0 Å². The van der Waals surface area contributed by atoms with Crippen molar-refractivity contribution in [3.8, 4) is 5.75 Å². The van der Waals surface area contributed by atoms with E-state index in [2.05, 4.69) is 5.32 Å². The average molecular weight is 416 g/mol. The average Bonchev–Trinajstić information content (AvgIpc) is 3.03. The minimum absolute atomic E-state index is 0.0205. The monoisotopic (exact) mass is 416 g/mol. The van der Waals surface area contributed by atoms with Crippen LogP contribution in [0.1, 0.15) is 41.4 Å². The first-order valence-corrected chi connectivity index (χ1v) is 9.21. The number of carbonyl (C=O) groups is 4. The first-order valence-electron chi connectivity index (χ1n) is 9.21. The van der Waals surface area contributed by atoms with Crippen LogP contribution in [0.3, 0.4) is 0 Å². The number of nitrogens with zero attached hydrogens (tertiary/aromatic N) is 1. The molecule has 0 bridgehead atoms. The third-order valence-corrected chi connectivity index (χ3v) is 4.85. The highest BCUT2D eigenvalue weighted by Gasteiger charge is 2.38. The molecule has 4 rings (SSSR count). The van der Waals surface area contributed by atoms with Gasteiger partial charge in [0, 0.05) is 11.8 Å². The number of carboxylic acids is 1. The summed E-state index contributed by atoms with van der Waals surface area (Å²) in [6.07, 6.45) is 0. The number of carbonyl (C=O) groups excluding carboxylic acids is 3. The van der Waals surface area contributed by atoms with Crippen molar-refractivity contribution < 1.29 is 29.0 Å². The second kappa shape index (κ2) is 7.75. The number of rotatable bonds is 5. The van der Waals surface area contributed by atoms with Gasteiger partial charge in [-0.15, -0.1) is 0 Å². The highest BCUT2D eigenvalue weighted by Crippen LogP contribution is 2.32. The van der Waals surface area contributed by atoms with Gasteiger partial charge in [0.15, 0.2) is 0 Å². The fourth-order valence-electron chi connectivity index (χ4n) is 3.35. The number of hydrogen-bond donors (Lipinski definition) is 2. The first-order chi connectivity index (χ1) is 14.9. The van der Waals surface area contributed by atoms with Crippen LogP contribution in [0, 0.1) is 0 Å². The van der Waals surface area contributed by atoms with E-state index in [0.717, 1.165) is 11.0 Å². The van der Waals surface area contributed by atoms with E-state index in [0.29, 0.717) is 11.4 Å². The summed E-state index contributed by atoms with van der Waals surface area (Å²) in [6.45, 7) is 0. The van der Waals surface area contributed by atoms with Crippen LogP contribution in [0.15, 0.2) is 66.7 Å². The molecule has 2 N–H and O–H groups in total. The number of aromatic carboxylic acids is 1. The highest BCUT2D eigenvalue weighted by atomic mass is 16.5. The van der Waals surface area contributed by atoms with Gasteiger partial charge in [-0.25, -0.2) is 9.69 Å². The molecule has 0 atom stereocenters. The largest absolute Gasteiger partial charge is 0.497 e. The lowest BCUT2D eigenvalue weighted by atomic mass is 10.1. The van der Waals surface area contributed by atoms with E-state index in [1.54, 1.807) is 36.4 Å². The lowest BCUT2D eigenvalue weighted by Gasteiger charge is -2.18. The molecule has 154 valence electrons. The van der Waals surface area contributed by atoms with E-state index in [-0.39, 0.29) is 27.9 Å². The zero-order valence-corrected chi connectivity index (χ0v) is 16.3. The second-order valence-corrected chi connectivity index (χ2v) is 6.71. The number of benzene rings is 3. The lowest BCUT2D eigenvalue weighted by molar-refractivity contribution is 0.0696. The van der Waals surface area contributed by atoms with Crippen LogP contribution in [0.2, 0.25) is 0 Å². The number of hydrogen-bond acceptors (Lipinski definition) is 5. The minimum atomic E-state index is -1.21. The molecule has 8 nitrogen and oxygen atoms in total. The number of amides is 3. The minimum Gasteiger partial charge on any atom is -0.497 e. The Labute approximate surface area is 176 Å². The van der Waals surface area contributed by atoms with Crippen molar-refractivity contribution >= 4 is 35.1 Å². The lowest BCUT2D eigenvalue weighted by Crippen LogP contribution is -2.31.